The molecule has 0 aliphatic heterocycles. The molecule has 0 aliphatic carbocycles. The highest BCUT2D eigenvalue weighted by Gasteiger charge is 2.06. The van der Waals surface area contributed by atoms with Crippen molar-refractivity contribution in [2.45, 2.75) is 13.5 Å². The van der Waals surface area contributed by atoms with E-state index >= 15 is 0 Å². The van der Waals surface area contributed by atoms with Crippen LogP contribution in [-0.2, 0) is 16.1 Å². The van der Waals surface area contributed by atoms with Crippen molar-refractivity contribution in [3.05, 3.63) is 16.1 Å². The first-order chi connectivity index (χ1) is 7.56. The first-order valence-electron chi connectivity index (χ1n) is 4.49. The number of carboxylic acid groups (broad SMARTS) is 1. The van der Waals surface area contributed by atoms with E-state index in [1.807, 2.05) is 0 Å². The predicted octanol–water partition coefficient (Wildman–Crippen LogP) is -0.968. The molecule has 1 N–H and O–H groups in total. The normalized spacial score (nSPS) is 11.8. The Morgan fingerprint density at radius 3 is 2.81 bits per heavy atom. The molecule has 88 valence electrons. The maximum absolute atomic E-state index is 11.5. The summed E-state index contributed by atoms with van der Waals surface area (Å²) in [5, 5.41) is 15.7. The van der Waals surface area contributed by atoms with Crippen LogP contribution in [0.25, 0.3) is 6.20 Å². The van der Waals surface area contributed by atoms with Crippen molar-refractivity contribution in [1.82, 2.24) is 19.8 Å². The van der Waals surface area contributed by atoms with Gasteiger partial charge in [0, 0.05) is 13.3 Å². The Morgan fingerprint density at radius 1 is 1.56 bits per heavy atom. The number of tetrazole rings is 1. The maximum atomic E-state index is 11.5. The summed E-state index contributed by atoms with van der Waals surface area (Å²) in [5.74, 6) is -1.11. The minimum Gasteiger partial charge on any atom is -0.478 e. The van der Waals surface area contributed by atoms with Gasteiger partial charge in [0.05, 0.1) is 18.7 Å². The zero-order valence-corrected chi connectivity index (χ0v) is 8.95. The smallest absolute Gasteiger partial charge is 0.367 e. The highest BCUT2D eigenvalue weighted by atomic mass is 16.5. The molecule has 1 rings (SSSR count). The number of aliphatic carboxylic acids is 1. The number of hydrogen-bond acceptors (Lipinski definition) is 5. The second-order valence-corrected chi connectivity index (χ2v) is 3.04. The molecule has 0 aliphatic rings. The summed E-state index contributed by atoms with van der Waals surface area (Å²) >= 11 is 0. The molecule has 0 aromatic carbocycles. The summed E-state index contributed by atoms with van der Waals surface area (Å²) in [6.07, 6.45) is 1.11. The fraction of sp³-hybridized carbons (Fsp3) is 0.500. The summed E-state index contributed by atoms with van der Waals surface area (Å²) in [5.41, 5.74) is -0.501. The largest absolute Gasteiger partial charge is 0.478 e. The Balaban J connectivity index is 2.92. The summed E-state index contributed by atoms with van der Waals surface area (Å²) in [7, 11) is 1.50. The second-order valence-electron chi connectivity index (χ2n) is 3.04. The molecule has 0 fully saturated rings. The van der Waals surface area contributed by atoms with Gasteiger partial charge in [0.1, 0.15) is 0 Å². The van der Waals surface area contributed by atoms with E-state index in [0.29, 0.717) is 6.61 Å². The minimum atomic E-state index is -1.11. The van der Waals surface area contributed by atoms with Gasteiger partial charge in [-0.15, -0.1) is 0 Å². The van der Waals surface area contributed by atoms with Gasteiger partial charge < -0.3 is 9.84 Å². The molecule has 0 amide bonds. The summed E-state index contributed by atoms with van der Waals surface area (Å²) in [4.78, 5) is 22.1. The van der Waals surface area contributed by atoms with Gasteiger partial charge in [-0.25, -0.2) is 9.59 Å². The Kier molecular flexibility index (Phi) is 3.95. The van der Waals surface area contributed by atoms with Crippen LogP contribution < -0.4 is 5.69 Å². The number of methoxy groups -OCH3 is 1. The molecule has 8 nitrogen and oxygen atoms in total. The van der Waals surface area contributed by atoms with Crippen LogP contribution in [-0.4, -0.2) is 44.6 Å². The summed E-state index contributed by atoms with van der Waals surface area (Å²) in [6, 6.07) is 0. The number of aromatic nitrogens is 4. The molecule has 0 atom stereocenters. The quantitative estimate of drug-likeness (QED) is 0.651. The maximum Gasteiger partial charge on any atom is 0.367 e. The fourth-order valence-electron chi connectivity index (χ4n) is 0.924. The zero-order chi connectivity index (χ0) is 12.1. The molecule has 0 spiro atoms. The van der Waals surface area contributed by atoms with E-state index in [0.717, 1.165) is 15.6 Å². The van der Waals surface area contributed by atoms with E-state index < -0.39 is 11.7 Å². The van der Waals surface area contributed by atoms with Gasteiger partial charge in [0.25, 0.3) is 0 Å². The van der Waals surface area contributed by atoms with E-state index in [1.54, 1.807) is 0 Å². The van der Waals surface area contributed by atoms with Crippen molar-refractivity contribution in [3.8, 4) is 0 Å². The topological polar surface area (TPSA) is 99.2 Å². The van der Waals surface area contributed by atoms with Crippen molar-refractivity contribution in [3.63, 3.8) is 0 Å². The van der Waals surface area contributed by atoms with Crippen molar-refractivity contribution in [2.75, 3.05) is 13.7 Å². The molecule has 1 aromatic rings. The fourth-order valence-corrected chi connectivity index (χ4v) is 0.924. The number of ether oxygens (including phenoxy) is 1. The van der Waals surface area contributed by atoms with Gasteiger partial charge in [0.15, 0.2) is 0 Å². The van der Waals surface area contributed by atoms with Gasteiger partial charge in [-0.1, -0.05) is 0 Å². The number of hydrogen-bond donors (Lipinski definition) is 1. The third-order valence-electron chi connectivity index (χ3n) is 1.82. The van der Waals surface area contributed by atoms with E-state index in [4.69, 9.17) is 9.84 Å². The Hall–Kier alpha value is -1.96. The highest BCUT2D eigenvalue weighted by molar-refractivity contribution is 5.89. The van der Waals surface area contributed by atoms with Gasteiger partial charge in [-0.2, -0.15) is 9.36 Å². The predicted molar refractivity (Wildman–Crippen MR) is 53.7 cm³/mol. The van der Waals surface area contributed by atoms with Crippen LogP contribution in [0.5, 0.6) is 0 Å². The standard InChI is InChI=1S/C8H12N4O4/c1-6(7(13)14)5-12-8(15)11(9-10-12)3-4-16-2/h5H,3-4H2,1-2H3,(H,13,14)/b6-5+. The molecular formula is C8H12N4O4. The first kappa shape index (κ1) is 12.1. The Morgan fingerprint density at radius 2 is 2.25 bits per heavy atom. The van der Waals surface area contributed by atoms with Crippen LogP contribution in [0, 0.1) is 0 Å². The first-order valence-corrected chi connectivity index (χ1v) is 4.49. The lowest BCUT2D eigenvalue weighted by molar-refractivity contribution is -0.132. The third-order valence-corrected chi connectivity index (χ3v) is 1.82. The zero-order valence-electron chi connectivity index (χ0n) is 8.95. The van der Waals surface area contributed by atoms with Crippen LogP contribution in [0.2, 0.25) is 0 Å². The monoisotopic (exact) mass is 228 g/mol. The number of nitrogens with zero attached hydrogens (tertiary/aromatic N) is 4. The van der Waals surface area contributed by atoms with E-state index in [9.17, 15) is 9.59 Å². The van der Waals surface area contributed by atoms with Crippen LogP contribution in [0.1, 0.15) is 6.92 Å². The number of carbonyl (C=O) groups is 1. The molecular weight excluding hydrogens is 216 g/mol. The van der Waals surface area contributed by atoms with Crippen molar-refractivity contribution in [2.24, 2.45) is 0 Å². The highest BCUT2D eigenvalue weighted by Crippen LogP contribution is 1.92. The number of rotatable bonds is 5. The van der Waals surface area contributed by atoms with E-state index in [-0.39, 0.29) is 12.1 Å². The van der Waals surface area contributed by atoms with Gasteiger partial charge >= 0.3 is 11.7 Å². The molecule has 0 saturated heterocycles. The Bertz CT molecular complexity index is 459. The van der Waals surface area contributed by atoms with Crippen molar-refractivity contribution >= 4 is 12.2 Å². The molecule has 0 radical (unpaired) electrons. The average molecular weight is 228 g/mol. The summed E-state index contributed by atoms with van der Waals surface area (Å²) in [6.45, 7) is 1.97. The Labute approximate surface area is 90.7 Å². The molecule has 16 heavy (non-hydrogen) atoms. The second kappa shape index (κ2) is 5.21. The average Bonchev–Trinajstić information content (AvgIpc) is 2.57. The van der Waals surface area contributed by atoms with E-state index in [2.05, 4.69) is 10.4 Å². The summed E-state index contributed by atoms with van der Waals surface area (Å²) < 4.78 is 6.75. The molecule has 1 aromatic heterocycles. The van der Waals surface area contributed by atoms with Crippen LogP contribution in [0.15, 0.2) is 10.4 Å². The van der Waals surface area contributed by atoms with Gasteiger partial charge in [0.2, 0.25) is 0 Å². The SMILES string of the molecule is COCCn1nnn(/C=C(\C)C(=O)O)c1=O. The minimum absolute atomic E-state index is 0.000825. The van der Waals surface area contributed by atoms with Crippen molar-refractivity contribution < 1.29 is 14.6 Å². The molecule has 8 heteroatoms. The van der Waals surface area contributed by atoms with Gasteiger partial charge in [-0.05, 0) is 17.4 Å². The molecule has 0 bridgehead atoms. The molecule has 0 unspecified atom stereocenters. The number of carboxylic acids is 1. The van der Waals surface area contributed by atoms with Crippen LogP contribution in [0.4, 0.5) is 0 Å². The van der Waals surface area contributed by atoms with Gasteiger partial charge in [-0.3, -0.25) is 0 Å². The molecule has 0 saturated carbocycles. The lowest BCUT2D eigenvalue weighted by Crippen LogP contribution is -2.24. The van der Waals surface area contributed by atoms with E-state index in [1.165, 1.54) is 14.0 Å². The third kappa shape index (κ3) is 2.76. The molecule has 1 heterocycles. The van der Waals surface area contributed by atoms with Crippen LogP contribution >= 0.6 is 0 Å². The van der Waals surface area contributed by atoms with Crippen LogP contribution in [0.3, 0.4) is 0 Å². The lowest BCUT2D eigenvalue weighted by atomic mass is 10.3. The van der Waals surface area contributed by atoms with Crippen molar-refractivity contribution in [1.29, 1.82) is 0 Å². The lowest BCUT2D eigenvalue weighted by Gasteiger charge is -1.95.